The van der Waals surface area contributed by atoms with Gasteiger partial charge >= 0.3 is 8.80 Å². The van der Waals surface area contributed by atoms with Crippen molar-refractivity contribution in [2.24, 2.45) is 0 Å². The van der Waals surface area contributed by atoms with E-state index in [4.69, 9.17) is 37.0 Å². The van der Waals surface area contributed by atoms with Crippen LogP contribution in [-0.4, -0.2) is 67.6 Å². The molecule has 0 heterocycles. The van der Waals surface area contributed by atoms with Crippen molar-refractivity contribution in [1.29, 1.82) is 0 Å². The second kappa shape index (κ2) is 25.3. The zero-order valence-electron chi connectivity index (χ0n) is 29.9. The summed E-state index contributed by atoms with van der Waals surface area (Å²) in [4.78, 5) is 0. The van der Waals surface area contributed by atoms with Crippen LogP contribution in [0.1, 0.15) is 72.1 Å². The summed E-state index contributed by atoms with van der Waals surface area (Å²) < 4.78 is 46.7. The molecule has 8 nitrogen and oxygen atoms in total. The van der Waals surface area contributed by atoms with Gasteiger partial charge in [0, 0.05) is 39.1 Å². The molecular weight excluding hydrogens is 657 g/mol. The third-order valence-corrected chi connectivity index (χ3v) is 11.2. The summed E-state index contributed by atoms with van der Waals surface area (Å²) >= 11 is 4.20. The lowest BCUT2D eigenvalue weighted by Gasteiger charge is -2.28. The molecule has 0 spiro atoms. The van der Waals surface area contributed by atoms with Crippen molar-refractivity contribution >= 4 is 21.4 Å². The SMILES string of the molecule is CCO[Si](CCCOCCCCCCCCOc1ccc(-c2ccc(OCOc3ccc(OCCCS)cc3)cc2)cc1)(OCC)OCC. The van der Waals surface area contributed by atoms with E-state index in [0.717, 1.165) is 91.4 Å². The number of hydrogen-bond donors (Lipinski definition) is 1. The zero-order chi connectivity index (χ0) is 34.8. The smallest absolute Gasteiger partial charge is 0.494 e. The first-order valence-electron chi connectivity index (χ1n) is 18.0. The molecule has 0 saturated heterocycles. The van der Waals surface area contributed by atoms with Gasteiger partial charge in [0.1, 0.15) is 23.0 Å². The Hall–Kier alpha value is -2.73. The highest BCUT2D eigenvalue weighted by Crippen LogP contribution is 2.25. The van der Waals surface area contributed by atoms with E-state index < -0.39 is 8.80 Å². The van der Waals surface area contributed by atoms with E-state index in [1.807, 2.05) is 69.3 Å². The summed E-state index contributed by atoms with van der Waals surface area (Å²) in [5, 5.41) is 0. The predicted molar refractivity (Wildman–Crippen MR) is 202 cm³/mol. The standard InChI is InChI=1S/C39H58O8SSi/c1-4-45-49(46-5-2,47-6-3)32-14-28-40-27-11-9-7-8-10-12-29-41-36-19-15-34(16-20-36)35-17-21-38(22-18-35)43-33-44-39-25-23-37(24-26-39)42-30-13-31-48/h15-26,48H,4-14,27-33H2,1-3H3. The van der Waals surface area contributed by atoms with Gasteiger partial charge in [-0.3, -0.25) is 0 Å². The Balaban J connectivity index is 1.20. The normalized spacial score (nSPS) is 11.4. The van der Waals surface area contributed by atoms with Gasteiger partial charge in [0.15, 0.2) is 0 Å². The number of hydrogen-bond acceptors (Lipinski definition) is 9. The second-order valence-electron chi connectivity index (χ2n) is 11.5. The summed E-state index contributed by atoms with van der Waals surface area (Å²) in [6.07, 6.45) is 8.80. The highest BCUT2D eigenvalue weighted by molar-refractivity contribution is 7.80. The number of rotatable bonds is 29. The molecule has 0 aliphatic heterocycles. The first kappa shape index (κ1) is 40.7. The number of benzene rings is 3. The molecule has 272 valence electrons. The largest absolute Gasteiger partial charge is 0.501 e. The summed E-state index contributed by atoms with van der Waals surface area (Å²) in [6.45, 7) is 10.9. The zero-order valence-corrected chi connectivity index (χ0v) is 31.8. The molecule has 49 heavy (non-hydrogen) atoms. The molecule has 0 aromatic heterocycles. The summed E-state index contributed by atoms with van der Waals surface area (Å²) in [5.41, 5.74) is 2.25. The number of thiol groups is 1. The summed E-state index contributed by atoms with van der Waals surface area (Å²) in [5.74, 6) is 4.02. The van der Waals surface area contributed by atoms with E-state index >= 15 is 0 Å². The van der Waals surface area contributed by atoms with Crippen molar-refractivity contribution in [3.63, 3.8) is 0 Å². The van der Waals surface area contributed by atoms with Crippen molar-refractivity contribution < 1.29 is 37.0 Å². The molecule has 0 fully saturated rings. The fourth-order valence-corrected chi connectivity index (χ4v) is 7.95. The van der Waals surface area contributed by atoms with Crippen LogP contribution in [0.2, 0.25) is 6.04 Å². The van der Waals surface area contributed by atoms with Crippen LogP contribution in [0.4, 0.5) is 0 Å². The summed E-state index contributed by atoms with van der Waals surface area (Å²) in [7, 11) is -2.55. The quantitative estimate of drug-likeness (QED) is 0.0330. The molecule has 0 unspecified atom stereocenters. The van der Waals surface area contributed by atoms with Gasteiger partial charge in [-0.1, -0.05) is 49.9 Å². The topological polar surface area (TPSA) is 73.8 Å². The lowest BCUT2D eigenvalue weighted by Crippen LogP contribution is -2.46. The average Bonchev–Trinajstić information content (AvgIpc) is 3.12. The van der Waals surface area contributed by atoms with Crippen LogP contribution >= 0.6 is 12.6 Å². The van der Waals surface area contributed by atoms with E-state index in [2.05, 4.69) is 36.9 Å². The molecule has 3 aromatic rings. The van der Waals surface area contributed by atoms with Crippen LogP contribution in [0.25, 0.3) is 11.1 Å². The van der Waals surface area contributed by atoms with Crippen LogP contribution in [0, 0.1) is 0 Å². The molecule has 0 saturated carbocycles. The maximum Gasteiger partial charge on any atom is 0.501 e. The van der Waals surface area contributed by atoms with Crippen molar-refractivity contribution in [1.82, 2.24) is 0 Å². The lowest BCUT2D eigenvalue weighted by atomic mass is 10.1. The third-order valence-electron chi connectivity index (χ3n) is 7.70. The number of ether oxygens (including phenoxy) is 5. The fraction of sp³-hybridized carbons (Fsp3) is 0.538. The molecule has 0 radical (unpaired) electrons. The third kappa shape index (κ3) is 16.7. The van der Waals surface area contributed by atoms with E-state index in [-0.39, 0.29) is 6.79 Å². The molecule has 0 amide bonds. The van der Waals surface area contributed by atoms with Gasteiger partial charge in [0.2, 0.25) is 6.79 Å². The Kier molecular flexibility index (Phi) is 21.0. The minimum Gasteiger partial charge on any atom is -0.494 e. The fourth-order valence-electron chi connectivity index (χ4n) is 5.24. The Labute approximate surface area is 301 Å². The van der Waals surface area contributed by atoms with E-state index in [1.54, 1.807) is 0 Å². The highest BCUT2D eigenvalue weighted by Gasteiger charge is 2.39. The molecule has 3 rings (SSSR count). The van der Waals surface area contributed by atoms with Gasteiger partial charge in [-0.25, -0.2) is 0 Å². The van der Waals surface area contributed by atoms with Gasteiger partial charge < -0.3 is 37.0 Å². The Bertz CT molecular complexity index is 1210. The molecule has 0 aliphatic rings. The first-order valence-corrected chi connectivity index (χ1v) is 20.6. The van der Waals surface area contributed by atoms with Gasteiger partial charge in [-0.05, 0) is 112 Å². The second-order valence-corrected chi connectivity index (χ2v) is 14.7. The Morgan fingerprint density at radius 2 is 0.837 bits per heavy atom. The van der Waals surface area contributed by atoms with Crippen molar-refractivity contribution in [2.75, 3.05) is 58.8 Å². The van der Waals surface area contributed by atoms with Crippen LogP contribution < -0.4 is 18.9 Å². The highest BCUT2D eigenvalue weighted by atomic mass is 32.1. The predicted octanol–water partition coefficient (Wildman–Crippen LogP) is 9.64. The molecule has 0 bridgehead atoms. The van der Waals surface area contributed by atoms with Gasteiger partial charge in [-0.15, -0.1) is 0 Å². The first-order chi connectivity index (χ1) is 24.1. The monoisotopic (exact) mass is 714 g/mol. The average molecular weight is 715 g/mol. The van der Waals surface area contributed by atoms with Crippen molar-refractivity contribution in [2.45, 2.75) is 78.2 Å². The summed E-state index contributed by atoms with van der Waals surface area (Å²) in [6, 6.07) is 24.6. The minimum atomic E-state index is -2.55. The van der Waals surface area contributed by atoms with Crippen LogP contribution in [0.5, 0.6) is 23.0 Å². The van der Waals surface area contributed by atoms with E-state index in [1.165, 1.54) is 25.7 Å². The van der Waals surface area contributed by atoms with Crippen molar-refractivity contribution in [3.8, 4) is 34.1 Å². The van der Waals surface area contributed by atoms with Crippen LogP contribution in [0.3, 0.4) is 0 Å². The van der Waals surface area contributed by atoms with Crippen LogP contribution in [-0.2, 0) is 18.0 Å². The molecule has 0 atom stereocenters. The van der Waals surface area contributed by atoms with Gasteiger partial charge in [-0.2, -0.15) is 12.6 Å². The van der Waals surface area contributed by atoms with E-state index in [9.17, 15) is 0 Å². The Morgan fingerprint density at radius 1 is 0.449 bits per heavy atom. The van der Waals surface area contributed by atoms with E-state index in [0.29, 0.717) is 26.4 Å². The van der Waals surface area contributed by atoms with Gasteiger partial charge in [0.25, 0.3) is 0 Å². The van der Waals surface area contributed by atoms with Gasteiger partial charge in [0.05, 0.1) is 13.2 Å². The molecule has 10 heteroatoms. The van der Waals surface area contributed by atoms with Crippen molar-refractivity contribution in [3.05, 3.63) is 72.8 Å². The minimum absolute atomic E-state index is 0.129. The number of unbranched alkanes of at least 4 members (excludes halogenated alkanes) is 5. The maximum atomic E-state index is 5.99. The van der Waals surface area contributed by atoms with Crippen LogP contribution in [0.15, 0.2) is 72.8 Å². The maximum absolute atomic E-state index is 5.99. The molecular formula is C39H58O8SSi. The molecule has 3 aromatic carbocycles. The molecule has 0 N–H and O–H groups in total. The Morgan fingerprint density at radius 3 is 1.31 bits per heavy atom. The molecule has 0 aliphatic carbocycles. The lowest BCUT2D eigenvalue weighted by molar-refractivity contribution is 0.0657.